The first kappa shape index (κ1) is 14.1. The van der Waals surface area contributed by atoms with E-state index in [0.29, 0.717) is 19.7 Å². The van der Waals surface area contributed by atoms with Gasteiger partial charge in [0, 0.05) is 13.1 Å². The minimum absolute atomic E-state index is 0.0975. The van der Waals surface area contributed by atoms with Crippen molar-refractivity contribution in [1.29, 1.82) is 0 Å². The van der Waals surface area contributed by atoms with Gasteiger partial charge in [-0.15, -0.1) is 0 Å². The molecular weight excluding hydrogens is 252 g/mol. The Morgan fingerprint density at radius 3 is 3.00 bits per heavy atom. The van der Waals surface area contributed by atoms with E-state index in [1.807, 2.05) is 11.8 Å². The van der Waals surface area contributed by atoms with Crippen LogP contribution in [0.1, 0.15) is 23.7 Å². The summed E-state index contributed by atoms with van der Waals surface area (Å²) in [6.45, 7) is 3.97. The molecular formula is C14H17F2NO2. The Hall–Kier alpha value is -1.33. The fraction of sp³-hybridized carbons (Fsp3) is 0.500. The van der Waals surface area contributed by atoms with Crippen molar-refractivity contribution in [3.63, 3.8) is 0 Å². The molecule has 1 aliphatic heterocycles. The average molecular weight is 269 g/mol. The molecule has 0 spiro atoms. The molecule has 1 aliphatic rings. The first-order valence-electron chi connectivity index (χ1n) is 6.42. The number of nitrogens with zero attached hydrogens (tertiary/aromatic N) is 1. The van der Waals surface area contributed by atoms with Crippen molar-refractivity contribution in [3.05, 3.63) is 35.4 Å². The summed E-state index contributed by atoms with van der Waals surface area (Å²) >= 11 is 0. The Kier molecular flexibility index (Phi) is 4.61. The highest BCUT2D eigenvalue weighted by Gasteiger charge is 2.22. The maximum Gasteiger partial charge on any atom is 0.179 e. The number of benzene rings is 1. The topological polar surface area (TPSA) is 29.5 Å². The van der Waals surface area contributed by atoms with Crippen molar-refractivity contribution < 1.29 is 18.3 Å². The van der Waals surface area contributed by atoms with Crippen molar-refractivity contribution in [2.75, 3.05) is 26.2 Å². The van der Waals surface area contributed by atoms with Gasteiger partial charge in [0.2, 0.25) is 0 Å². The number of halogens is 2. The standard InChI is InChI=1S/C14H17F2NO2/c1-2-11-8-17(5-6-19-11)9-14(18)12-7-10(15)3-4-13(12)16/h3-4,7,11H,2,5-6,8-9H2,1H3. The summed E-state index contributed by atoms with van der Waals surface area (Å²) in [5.74, 6) is -1.67. The van der Waals surface area contributed by atoms with Gasteiger partial charge in [-0.05, 0) is 24.6 Å². The van der Waals surface area contributed by atoms with Gasteiger partial charge in [0.1, 0.15) is 11.6 Å². The molecule has 1 unspecified atom stereocenters. The zero-order valence-corrected chi connectivity index (χ0v) is 10.9. The molecule has 0 aromatic heterocycles. The van der Waals surface area contributed by atoms with Crippen LogP contribution in [0, 0.1) is 11.6 Å². The Bertz CT molecular complexity index is 465. The molecule has 1 aromatic rings. The van der Waals surface area contributed by atoms with Gasteiger partial charge in [0.05, 0.1) is 24.8 Å². The number of Topliss-reactive ketones (excluding diaryl/α,β-unsaturated/α-hetero) is 1. The second-order valence-corrected chi connectivity index (χ2v) is 4.68. The zero-order valence-electron chi connectivity index (χ0n) is 10.9. The molecule has 3 nitrogen and oxygen atoms in total. The predicted octanol–water partition coefficient (Wildman–Crippen LogP) is 2.26. The van der Waals surface area contributed by atoms with E-state index < -0.39 is 17.4 Å². The van der Waals surface area contributed by atoms with Crippen LogP contribution in [0.5, 0.6) is 0 Å². The van der Waals surface area contributed by atoms with E-state index in [0.717, 1.165) is 24.6 Å². The molecule has 0 radical (unpaired) electrons. The number of carbonyl (C=O) groups is 1. The van der Waals surface area contributed by atoms with E-state index in [9.17, 15) is 13.6 Å². The molecule has 1 aromatic carbocycles. The normalized spacial score (nSPS) is 20.5. The van der Waals surface area contributed by atoms with E-state index >= 15 is 0 Å². The minimum atomic E-state index is -0.674. The van der Waals surface area contributed by atoms with E-state index in [1.54, 1.807) is 0 Å². The molecule has 5 heteroatoms. The first-order chi connectivity index (χ1) is 9.10. The van der Waals surface area contributed by atoms with E-state index in [4.69, 9.17) is 4.74 Å². The van der Waals surface area contributed by atoms with Crippen molar-refractivity contribution in [2.24, 2.45) is 0 Å². The van der Waals surface area contributed by atoms with Crippen molar-refractivity contribution in [1.82, 2.24) is 4.90 Å². The van der Waals surface area contributed by atoms with Crippen molar-refractivity contribution >= 4 is 5.78 Å². The Labute approximate surface area is 111 Å². The van der Waals surface area contributed by atoms with Crippen LogP contribution in [-0.2, 0) is 4.74 Å². The molecule has 2 rings (SSSR count). The summed E-state index contributed by atoms with van der Waals surface area (Å²) in [6, 6.07) is 2.94. The summed E-state index contributed by atoms with van der Waals surface area (Å²) in [4.78, 5) is 13.9. The molecule has 19 heavy (non-hydrogen) atoms. The van der Waals surface area contributed by atoms with Gasteiger partial charge < -0.3 is 4.74 Å². The van der Waals surface area contributed by atoms with Crippen LogP contribution >= 0.6 is 0 Å². The monoisotopic (exact) mass is 269 g/mol. The molecule has 1 saturated heterocycles. The van der Waals surface area contributed by atoms with Gasteiger partial charge in [-0.1, -0.05) is 6.92 Å². The number of morpholine rings is 1. The lowest BCUT2D eigenvalue weighted by atomic mass is 10.1. The van der Waals surface area contributed by atoms with E-state index in [2.05, 4.69) is 0 Å². The fourth-order valence-corrected chi connectivity index (χ4v) is 2.17. The van der Waals surface area contributed by atoms with Gasteiger partial charge in [-0.2, -0.15) is 0 Å². The number of ether oxygens (including phenoxy) is 1. The molecule has 0 aliphatic carbocycles. The summed E-state index contributed by atoms with van der Waals surface area (Å²) in [5.41, 5.74) is -0.181. The van der Waals surface area contributed by atoms with Crippen molar-refractivity contribution in [3.8, 4) is 0 Å². The number of hydrogen-bond acceptors (Lipinski definition) is 3. The number of rotatable bonds is 4. The lowest BCUT2D eigenvalue weighted by molar-refractivity contribution is -0.0271. The maximum atomic E-state index is 13.5. The number of hydrogen-bond donors (Lipinski definition) is 0. The average Bonchev–Trinajstić information content (AvgIpc) is 2.41. The van der Waals surface area contributed by atoms with Crippen LogP contribution in [0.15, 0.2) is 18.2 Å². The maximum absolute atomic E-state index is 13.5. The largest absolute Gasteiger partial charge is 0.376 e. The summed E-state index contributed by atoms with van der Waals surface area (Å²) < 4.78 is 32.0. The Morgan fingerprint density at radius 2 is 2.26 bits per heavy atom. The van der Waals surface area contributed by atoms with Crippen molar-refractivity contribution in [2.45, 2.75) is 19.4 Å². The molecule has 1 atom stereocenters. The van der Waals surface area contributed by atoms with Gasteiger partial charge in [0.15, 0.2) is 5.78 Å². The summed E-state index contributed by atoms with van der Waals surface area (Å²) in [6.07, 6.45) is 0.984. The van der Waals surface area contributed by atoms with Crippen LogP contribution in [0.3, 0.4) is 0 Å². The van der Waals surface area contributed by atoms with Gasteiger partial charge in [-0.25, -0.2) is 8.78 Å². The molecule has 0 bridgehead atoms. The third-order valence-electron chi connectivity index (χ3n) is 3.27. The third-order valence-corrected chi connectivity index (χ3v) is 3.27. The first-order valence-corrected chi connectivity index (χ1v) is 6.42. The van der Waals surface area contributed by atoms with Crippen LogP contribution in [0.4, 0.5) is 8.78 Å². The lowest BCUT2D eigenvalue weighted by Gasteiger charge is -2.31. The second kappa shape index (κ2) is 6.21. The third kappa shape index (κ3) is 3.58. The quantitative estimate of drug-likeness (QED) is 0.785. The summed E-state index contributed by atoms with van der Waals surface area (Å²) in [7, 11) is 0. The number of carbonyl (C=O) groups excluding carboxylic acids is 1. The van der Waals surface area contributed by atoms with E-state index in [1.165, 1.54) is 0 Å². The molecule has 1 heterocycles. The highest BCUT2D eigenvalue weighted by molar-refractivity contribution is 5.97. The van der Waals surface area contributed by atoms with Gasteiger partial charge in [0.25, 0.3) is 0 Å². The lowest BCUT2D eigenvalue weighted by Crippen LogP contribution is -2.44. The minimum Gasteiger partial charge on any atom is -0.376 e. The molecule has 1 fully saturated rings. The zero-order chi connectivity index (χ0) is 13.8. The Morgan fingerprint density at radius 1 is 1.47 bits per heavy atom. The van der Waals surface area contributed by atoms with Gasteiger partial charge >= 0.3 is 0 Å². The SMILES string of the molecule is CCC1CN(CC(=O)c2cc(F)ccc2F)CCO1. The van der Waals surface area contributed by atoms with Crippen LogP contribution in [0.2, 0.25) is 0 Å². The summed E-state index contributed by atoms with van der Waals surface area (Å²) in [5, 5.41) is 0. The highest BCUT2D eigenvalue weighted by Crippen LogP contribution is 2.13. The number of ketones is 1. The molecule has 0 saturated carbocycles. The van der Waals surface area contributed by atoms with Crippen LogP contribution in [-0.4, -0.2) is 43.0 Å². The van der Waals surface area contributed by atoms with Crippen LogP contribution in [0.25, 0.3) is 0 Å². The molecule has 0 N–H and O–H groups in total. The smallest absolute Gasteiger partial charge is 0.179 e. The highest BCUT2D eigenvalue weighted by atomic mass is 19.1. The Balaban J connectivity index is 2.02. The second-order valence-electron chi connectivity index (χ2n) is 4.68. The van der Waals surface area contributed by atoms with Crippen LogP contribution < -0.4 is 0 Å². The molecule has 104 valence electrons. The molecule has 0 amide bonds. The van der Waals surface area contributed by atoms with Gasteiger partial charge in [-0.3, -0.25) is 9.69 Å². The fourth-order valence-electron chi connectivity index (χ4n) is 2.17. The predicted molar refractivity (Wildman–Crippen MR) is 67.2 cm³/mol. The van der Waals surface area contributed by atoms with E-state index in [-0.39, 0.29) is 18.2 Å².